The van der Waals surface area contributed by atoms with Crippen molar-refractivity contribution in [2.45, 2.75) is 78.1 Å². The lowest BCUT2D eigenvalue weighted by Gasteiger charge is -2.58. The zero-order valence-electron chi connectivity index (χ0n) is 19.6. The Morgan fingerprint density at radius 2 is 1.71 bits per heavy atom. The van der Waals surface area contributed by atoms with Gasteiger partial charge < -0.3 is 9.47 Å². The molecule has 4 aliphatic carbocycles. The molecule has 0 radical (unpaired) electrons. The second kappa shape index (κ2) is 8.37. The Morgan fingerprint density at radius 1 is 1.00 bits per heavy atom. The average Bonchev–Trinajstić information content (AvgIpc) is 3.10. The summed E-state index contributed by atoms with van der Waals surface area (Å²) in [4.78, 5) is 36.2. The zero-order valence-corrected chi connectivity index (χ0v) is 19.6. The molecule has 4 rings (SSSR count). The molecular weight excluding hydrogens is 392 g/mol. The van der Waals surface area contributed by atoms with E-state index in [9.17, 15) is 14.4 Å². The quantitative estimate of drug-likeness (QED) is 0.459. The van der Waals surface area contributed by atoms with Crippen molar-refractivity contribution in [1.82, 2.24) is 0 Å². The van der Waals surface area contributed by atoms with Gasteiger partial charge in [-0.1, -0.05) is 19.4 Å². The van der Waals surface area contributed by atoms with Crippen LogP contribution in [0.5, 0.6) is 0 Å². The lowest BCUT2D eigenvalue weighted by Crippen LogP contribution is -2.50. The third-order valence-electron chi connectivity index (χ3n) is 9.93. The molecule has 0 aromatic rings. The van der Waals surface area contributed by atoms with E-state index < -0.39 is 17.9 Å². The van der Waals surface area contributed by atoms with Crippen molar-refractivity contribution in [3.63, 3.8) is 0 Å². The third kappa shape index (κ3) is 3.66. The highest BCUT2D eigenvalue weighted by Gasteiger charge is 2.58. The van der Waals surface area contributed by atoms with Gasteiger partial charge in [-0.3, -0.25) is 14.4 Å². The Morgan fingerprint density at radius 3 is 2.39 bits per heavy atom. The van der Waals surface area contributed by atoms with Gasteiger partial charge in [-0.05, 0) is 98.4 Å². The fourth-order valence-electron chi connectivity index (χ4n) is 8.13. The molecule has 0 aromatic carbocycles. The molecule has 5 heteroatoms. The molecule has 0 aromatic heterocycles. The van der Waals surface area contributed by atoms with Gasteiger partial charge in [0, 0.05) is 6.42 Å². The van der Waals surface area contributed by atoms with Crippen LogP contribution in [0.4, 0.5) is 0 Å². The van der Waals surface area contributed by atoms with Crippen molar-refractivity contribution in [1.29, 1.82) is 0 Å². The molecule has 0 N–H and O–H groups in total. The van der Waals surface area contributed by atoms with E-state index in [4.69, 9.17) is 9.47 Å². The first-order valence-electron chi connectivity index (χ1n) is 12.1. The lowest BCUT2D eigenvalue weighted by molar-refractivity contribution is -0.159. The molecule has 3 saturated carbocycles. The Hall–Kier alpha value is -1.65. The predicted molar refractivity (Wildman–Crippen MR) is 117 cm³/mol. The smallest absolute Gasteiger partial charge is 0.320 e. The summed E-state index contributed by atoms with van der Waals surface area (Å²) >= 11 is 0. The maximum absolute atomic E-state index is 12.1. The Balaban J connectivity index is 1.48. The standard InChI is InChI=1S/C26H38O5/c1-25-14-12-22-19(8-6-17-15-18(27)11-13-26(17,22)2)21(25)10-7-16(25)5-9-20(23(28)30-3)24(29)31-4/h15-16,19-22H,5-14H2,1-4H3/t16?,19?,21?,22?,25-,26?/m1/s1. The first-order valence-corrected chi connectivity index (χ1v) is 12.1. The number of hydrogen-bond donors (Lipinski definition) is 0. The number of esters is 2. The minimum atomic E-state index is -0.810. The van der Waals surface area contributed by atoms with Crippen LogP contribution in [0.2, 0.25) is 0 Å². The maximum atomic E-state index is 12.1. The summed E-state index contributed by atoms with van der Waals surface area (Å²) in [6, 6.07) is 0. The highest BCUT2D eigenvalue weighted by atomic mass is 16.5. The molecule has 0 aliphatic heterocycles. The number of fused-ring (bicyclic) bond motifs is 5. The molecule has 0 spiro atoms. The number of ether oxygens (including phenoxy) is 2. The fraction of sp³-hybridized carbons (Fsp3) is 0.808. The van der Waals surface area contributed by atoms with Gasteiger partial charge in [0.2, 0.25) is 0 Å². The van der Waals surface area contributed by atoms with Gasteiger partial charge in [-0.15, -0.1) is 0 Å². The topological polar surface area (TPSA) is 69.7 Å². The van der Waals surface area contributed by atoms with Crippen LogP contribution in [0.1, 0.15) is 78.1 Å². The summed E-state index contributed by atoms with van der Waals surface area (Å²) in [6.45, 7) is 4.89. The number of methoxy groups -OCH3 is 2. The van der Waals surface area contributed by atoms with E-state index in [-0.39, 0.29) is 10.8 Å². The van der Waals surface area contributed by atoms with Crippen LogP contribution in [-0.4, -0.2) is 31.9 Å². The highest BCUT2D eigenvalue weighted by Crippen LogP contribution is 2.67. The van der Waals surface area contributed by atoms with Gasteiger partial charge in [0.05, 0.1) is 14.2 Å². The second-order valence-electron chi connectivity index (χ2n) is 11.0. The molecule has 6 atom stereocenters. The summed E-state index contributed by atoms with van der Waals surface area (Å²) in [6.07, 6.45) is 12.2. The van der Waals surface area contributed by atoms with Gasteiger partial charge in [0.1, 0.15) is 0 Å². The third-order valence-corrected chi connectivity index (χ3v) is 9.93. The van der Waals surface area contributed by atoms with Crippen molar-refractivity contribution >= 4 is 17.7 Å². The van der Waals surface area contributed by atoms with Crippen molar-refractivity contribution < 1.29 is 23.9 Å². The fourth-order valence-corrected chi connectivity index (χ4v) is 8.13. The minimum absolute atomic E-state index is 0.205. The maximum Gasteiger partial charge on any atom is 0.320 e. The molecule has 0 bridgehead atoms. The van der Waals surface area contributed by atoms with Gasteiger partial charge >= 0.3 is 11.9 Å². The van der Waals surface area contributed by atoms with E-state index in [1.807, 2.05) is 6.08 Å². The lowest BCUT2D eigenvalue weighted by atomic mass is 9.46. The number of hydrogen-bond acceptors (Lipinski definition) is 5. The molecule has 5 nitrogen and oxygen atoms in total. The molecule has 4 aliphatic rings. The monoisotopic (exact) mass is 430 g/mol. The van der Waals surface area contributed by atoms with Crippen LogP contribution in [0.3, 0.4) is 0 Å². The van der Waals surface area contributed by atoms with Crippen molar-refractivity contribution in [2.75, 3.05) is 14.2 Å². The summed E-state index contributed by atoms with van der Waals surface area (Å²) in [5.41, 5.74) is 1.90. The number of allylic oxidation sites excluding steroid dienone is 1. The van der Waals surface area contributed by atoms with Crippen LogP contribution in [-0.2, 0) is 23.9 Å². The van der Waals surface area contributed by atoms with E-state index in [1.165, 1.54) is 51.9 Å². The molecular formula is C26H38O5. The summed E-state index contributed by atoms with van der Waals surface area (Å²) in [7, 11) is 2.66. The molecule has 31 heavy (non-hydrogen) atoms. The van der Waals surface area contributed by atoms with Crippen molar-refractivity contribution in [3.8, 4) is 0 Å². The Kier molecular flexibility index (Phi) is 6.08. The first-order chi connectivity index (χ1) is 14.7. The van der Waals surface area contributed by atoms with E-state index in [0.29, 0.717) is 36.4 Å². The van der Waals surface area contributed by atoms with Gasteiger partial charge in [0.15, 0.2) is 11.7 Å². The number of rotatable bonds is 5. The molecule has 0 amide bonds. The Bertz CT molecular complexity index is 769. The van der Waals surface area contributed by atoms with Crippen molar-refractivity contribution in [3.05, 3.63) is 11.6 Å². The molecule has 3 fully saturated rings. The van der Waals surface area contributed by atoms with Gasteiger partial charge in [-0.25, -0.2) is 0 Å². The zero-order chi connectivity index (χ0) is 22.4. The van der Waals surface area contributed by atoms with Crippen LogP contribution < -0.4 is 0 Å². The highest BCUT2D eigenvalue weighted by molar-refractivity contribution is 5.94. The van der Waals surface area contributed by atoms with Gasteiger partial charge in [-0.2, -0.15) is 0 Å². The average molecular weight is 431 g/mol. The summed E-state index contributed by atoms with van der Waals surface area (Å²) in [5.74, 6) is 1.21. The van der Waals surface area contributed by atoms with E-state index in [2.05, 4.69) is 13.8 Å². The normalized spacial score (nSPS) is 39.3. The van der Waals surface area contributed by atoms with Crippen LogP contribution >= 0.6 is 0 Å². The number of carbonyl (C=O) groups excluding carboxylic acids is 3. The van der Waals surface area contributed by atoms with E-state index in [1.54, 1.807) is 0 Å². The van der Waals surface area contributed by atoms with Crippen LogP contribution in [0, 0.1) is 40.4 Å². The minimum Gasteiger partial charge on any atom is -0.468 e. The number of carbonyl (C=O) groups is 3. The molecule has 5 unspecified atom stereocenters. The SMILES string of the molecule is COC(=O)C(CCC1CCC2C3CCC4=CC(=O)CCC4(C)C3CC[C@]12C)C(=O)OC. The first kappa shape index (κ1) is 22.5. The summed E-state index contributed by atoms with van der Waals surface area (Å²) in [5, 5.41) is 0. The number of ketones is 1. The van der Waals surface area contributed by atoms with Crippen molar-refractivity contribution in [2.24, 2.45) is 40.4 Å². The summed E-state index contributed by atoms with van der Waals surface area (Å²) < 4.78 is 9.71. The Labute approximate surface area is 186 Å². The molecule has 172 valence electrons. The van der Waals surface area contributed by atoms with E-state index in [0.717, 1.165) is 25.2 Å². The van der Waals surface area contributed by atoms with Gasteiger partial charge in [0.25, 0.3) is 0 Å². The van der Waals surface area contributed by atoms with Crippen LogP contribution in [0.15, 0.2) is 11.6 Å². The van der Waals surface area contributed by atoms with Crippen LogP contribution in [0.25, 0.3) is 0 Å². The largest absolute Gasteiger partial charge is 0.468 e. The predicted octanol–water partition coefficient (Wildman–Crippen LogP) is 4.88. The molecule has 0 heterocycles. The molecule has 0 saturated heterocycles. The second-order valence-corrected chi connectivity index (χ2v) is 11.0. The van der Waals surface area contributed by atoms with E-state index >= 15 is 0 Å².